The monoisotopic (exact) mass is 383 g/mol. The number of benzene rings is 1. The summed E-state index contributed by atoms with van der Waals surface area (Å²) in [5, 5.41) is 10.0. The number of oxazole rings is 1. The molecule has 1 atom stereocenters. The molecule has 0 saturated carbocycles. The van der Waals surface area contributed by atoms with Crippen molar-refractivity contribution in [1.82, 2.24) is 20.1 Å². The molecule has 28 heavy (non-hydrogen) atoms. The third-order valence-electron chi connectivity index (χ3n) is 4.46. The average Bonchev–Trinajstić information content (AvgIpc) is 3.28. The number of nitrogens with zero attached hydrogens (tertiary/aromatic N) is 3. The van der Waals surface area contributed by atoms with Gasteiger partial charge in [-0.25, -0.2) is 4.98 Å². The van der Waals surface area contributed by atoms with Crippen LogP contribution in [-0.4, -0.2) is 39.1 Å². The van der Waals surface area contributed by atoms with Gasteiger partial charge in [-0.2, -0.15) is 5.10 Å². The maximum absolute atomic E-state index is 12.2. The van der Waals surface area contributed by atoms with Gasteiger partial charge in [0, 0.05) is 18.9 Å². The van der Waals surface area contributed by atoms with Crippen LogP contribution in [0.2, 0.25) is 0 Å². The molecule has 0 aliphatic carbocycles. The van der Waals surface area contributed by atoms with Crippen molar-refractivity contribution in [2.24, 2.45) is 7.05 Å². The first kappa shape index (κ1) is 17.7. The molecule has 1 aliphatic rings. The Bertz CT molecular complexity index is 1060. The van der Waals surface area contributed by atoms with E-state index >= 15 is 0 Å². The average molecular weight is 383 g/mol. The topological polar surface area (TPSA) is 128 Å². The molecule has 144 valence electrons. The van der Waals surface area contributed by atoms with E-state index in [0.29, 0.717) is 23.4 Å². The Kier molecular flexibility index (Phi) is 4.52. The zero-order valence-electron chi connectivity index (χ0n) is 15.0. The van der Waals surface area contributed by atoms with Gasteiger partial charge < -0.3 is 9.15 Å². The number of aromatic nitrogens is 3. The normalized spacial score (nSPS) is 16.8. The van der Waals surface area contributed by atoms with Gasteiger partial charge in [0.05, 0.1) is 17.8 Å². The second-order valence-electron chi connectivity index (χ2n) is 6.34. The molecule has 1 unspecified atom stereocenters. The zero-order valence-corrected chi connectivity index (χ0v) is 15.0. The van der Waals surface area contributed by atoms with Gasteiger partial charge in [-0.3, -0.25) is 29.7 Å². The largest absolute Gasteiger partial charge is 0.481 e. The van der Waals surface area contributed by atoms with E-state index in [4.69, 9.17) is 9.15 Å². The van der Waals surface area contributed by atoms with E-state index in [1.54, 1.807) is 23.9 Å². The number of nitrogens with one attached hydrogen (secondary N) is 2. The summed E-state index contributed by atoms with van der Waals surface area (Å²) in [6.45, 7) is -0.250. The summed E-state index contributed by atoms with van der Waals surface area (Å²) >= 11 is 0. The lowest BCUT2D eigenvalue weighted by Crippen LogP contribution is -2.39. The Hall–Kier alpha value is -3.69. The van der Waals surface area contributed by atoms with Gasteiger partial charge in [-0.15, -0.1) is 0 Å². The molecule has 4 rings (SSSR count). The summed E-state index contributed by atoms with van der Waals surface area (Å²) in [5.41, 5.74) is 1.24. The number of piperidine rings is 1. The number of imide groups is 1. The third kappa shape index (κ3) is 3.31. The summed E-state index contributed by atoms with van der Waals surface area (Å²) in [6, 6.07) is 5.41. The molecule has 0 radical (unpaired) electrons. The van der Waals surface area contributed by atoms with Crippen LogP contribution in [0.1, 0.15) is 24.5 Å². The van der Waals surface area contributed by atoms with Crippen LogP contribution in [0.4, 0.5) is 6.01 Å². The molecule has 2 N–H and O–H groups in total. The molecule has 3 amide bonds. The van der Waals surface area contributed by atoms with Crippen molar-refractivity contribution in [1.29, 1.82) is 0 Å². The number of hydrogen-bond donors (Lipinski definition) is 2. The quantitative estimate of drug-likeness (QED) is 0.631. The van der Waals surface area contributed by atoms with Gasteiger partial charge in [0.25, 0.3) is 5.91 Å². The number of carbonyl (C=O) groups is 3. The van der Waals surface area contributed by atoms with Crippen molar-refractivity contribution in [3.8, 4) is 5.75 Å². The number of rotatable bonds is 5. The number of anilines is 1. The molecule has 3 heterocycles. The molecule has 1 aromatic carbocycles. The van der Waals surface area contributed by atoms with Crippen molar-refractivity contribution in [2.45, 2.75) is 18.8 Å². The predicted molar refractivity (Wildman–Crippen MR) is 96.5 cm³/mol. The first-order valence-corrected chi connectivity index (χ1v) is 8.64. The number of para-hydroxylation sites is 1. The van der Waals surface area contributed by atoms with Crippen molar-refractivity contribution >= 4 is 34.6 Å². The molecule has 1 saturated heterocycles. The first-order valence-electron chi connectivity index (χ1n) is 8.64. The van der Waals surface area contributed by atoms with Crippen LogP contribution >= 0.6 is 0 Å². The lowest BCUT2D eigenvalue weighted by atomic mass is 9.93. The summed E-state index contributed by atoms with van der Waals surface area (Å²) in [6.07, 6.45) is 3.44. The molecule has 1 fully saturated rings. The van der Waals surface area contributed by atoms with Gasteiger partial charge in [0.2, 0.25) is 11.8 Å². The molecule has 3 aromatic rings. The minimum atomic E-state index is -0.509. The number of fused-ring (bicyclic) bond motifs is 1. The SMILES string of the molecule is Cn1nc(C2CCC(=O)NC2=O)c2cccc(OCC(=O)Nc3ncco3)c21. The Morgan fingerprint density at radius 2 is 2.29 bits per heavy atom. The maximum atomic E-state index is 12.2. The third-order valence-corrected chi connectivity index (χ3v) is 4.46. The van der Waals surface area contributed by atoms with Crippen LogP contribution in [0.25, 0.3) is 10.9 Å². The van der Waals surface area contributed by atoms with Crippen molar-refractivity contribution in [3.05, 3.63) is 36.4 Å². The highest BCUT2D eigenvalue weighted by Gasteiger charge is 2.32. The molecule has 10 nitrogen and oxygen atoms in total. The first-order chi connectivity index (χ1) is 13.5. The molecule has 0 bridgehead atoms. The van der Waals surface area contributed by atoms with E-state index in [1.165, 1.54) is 12.5 Å². The molecule has 0 spiro atoms. The fourth-order valence-corrected chi connectivity index (χ4v) is 3.24. The van der Waals surface area contributed by atoms with Crippen molar-refractivity contribution in [3.63, 3.8) is 0 Å². The highest BCUT2D eigenvalue weighted by Crippen LogP contribution is 2.34. The summed E-state index contributed by atoms with van der Waals surface area (Å²) in [5.74, 6) is -1.11. The van der Waals surface area contributed by atoms with Crippen LogP contribution in [0.5, 0.6) is 5.75 Å². The Morgan fingerprint density at radius 3 is 3.04 bits per heavy atom. The second kappa shape index (κ2) is 7.14. The van der Waals surface area contributed by atoms with E-state index in [9.17, 15) is 14.4 Å². The minimum Gasteiger partial charge on any atom is -0.481 e. The van der Waals surface area contributed by atoms with Crippen LogP contribution in [0.15, 0.2) is 35.1 Å². The van der Waals surface area contributed by atoms with Crippen LogP contribution in [0, 0.1) is 0 Å². The molecule has 2 aromatic heterocycles. The Balaban J connectivity index is 1.57. The summed E-state index contributed by atoms with van der Waals surface area (Å²) in [7, 11) is 1.73. The molecule has 1 aliphatic heterocycles. The molecule has 10 heteroatoms. The minimum absolute atomic E-state index is 0.0903. The summed E-state index contributed by atoms with van der Waals surface area (Å²) < 4.78 is 12.2. The second-order valence-corrected chi connectivity index (χ2v) is 6.34. The van der Waals surface area contributed by atoms with Gasteiger partial charge in [0.15, 0.2) is 6.61 Å². The van der Waals surface area contributed by atoms with E-state index in [2.05, 4.69) is 20.7 Å². The van der Waals surface area contributed by atoms with Crippen molar-refractivity contribution in [2.75, 3.05) is 11.9 Å². The summed E-state index contributed by atoms with van der Waals surface area (Å²) in [4.78, 5) is 39.4. The number of ether oxygens (including phenoxy) is 1. The fourth-order valence-electron chi connectivity index (χ4n) is 3.24. The lowest BCUT2D eigenvalue weighted by Gasteiger charge is -2.19. The van der Waals surface area contributed by atoms with Crippen molar-refractivity contribution < 1.29 is 23.5 Å². The molecular weight excluding hydrogens is 366 g/mol. The highest BCUT2D eigenvalue weighted by molar-refractivity contribution is 6.03. The number of amides is 3. The van der Waals surface area contributed by atoms with Gasteiger partial charge >= 0.3 is 6.01 Å². The van der Waals surface area contributed by atoms with E-state index in [-0.39, 0.29) is 30.9 Å². The van der Waals surface area contributed by atoms with E-state index < -0.39 is 11.8 Å². The van der Waals surface area contributed by atoms with Crippen LogP contribution in [-0.2, 0) is 21.4 Å². The highest BCUT2D eigenvalue weighted by atomic mass is 16.5. The lowest BCUT2D eigenvalue weighted by molar-refractivity contribution is -0.134. The standard InChI is InChI=1S/C18H17N5O5/c1-23-16-10(15(22-23)11-5-6-13(24)20-17(11)26)3-2-4-12(16)28-9-14(25)21-18-19-7-8-27-18/h2-4,7-8,11H,5-6,9H2,1H3,(H,19,21,25)(H,20,24,26). The van der Waals surface area contributed by atoms with Gasteiger partial charge in [0.1, 0.15) is 17.5 Å². The van der Waals surface area contributed by atoms with Crippen LogP contribution in [0.3, 0.4) is 0 Å². The van der Waals surface area contributed by atoms with E-state index in [0.717, 1.165) is 5.39 Å². The maximum Gasteiger partial charge on any atom is 0.301 e. The fraction of sp³-hybridized carbons (Fsp3) is 0.278. The predicted octanol–water partition coefficient (Wildman–Crippen LogP) is 1.10. The smallest absolute Gasteiger partial charge is 0.301 e. The van der Waals surface area contributed by atoms with E-state index in [1.807, 2.05) is 6.07 Å². The van der Waals surface area contributed by atoms with Gasteiger partial charge in [-0.1, -0.05) is 12.1 Å². The molecular formula is C18H17N5O5. The van der Waals surface area contributed by atoms with Gasteiger partial charge in [-0.05, 0) is 12.5 Å². The van der Waals surface area contributed by atoms with Crippen LogP contribution < -0.4 is 15.4 Å². The number of carbonyl (C=O) groups excluding carboxylic acids is 3. The Labute approximate surface area is 158 Å². The number of aryl methyl sites for hydroxylation is 1. The zero-order chi connectivity index (χ0) is 19.7. The Morgan fingerprint density at radius 1 is 1.43 bits per heavy atom. The number of hydrogen-bond acceptors (Lipinski definition) is 7.